The third-order valence-corrected chi connectivity index (χ3v) is 5.19. The predicted molar refractivity (Wildman–Crippen MR) is 103 cm³/mol. The van der Waals surface area contributed by atoms with Gasteiger partial charge in [-0.2, -0.15) is 4.99 Å². The number of phenols is 2. The normalized spacial score (nSPS) is 14.8. The molecule has 0 atom stereocenters. The van der Waals surface area contributed by atoms with Crippen molar-refractivity contribution in [2.45, 2.75) is 5.60 Å². The van der Waals surface area contributed by atoms with E-state index in [9.17, 15) is 23.8 Å². The van der Waals surface area contributed by atoms with Crippen LogP contribution in [-0.4, -0.2) is 21.3 Å². The molecule has 0 fully saturated rings. The van der Waals surface area contributed by atoms with Crippen molar-refractivity contribution in [2.24, 2.45) is 4.99 Å². The Labute approximate surface area is 172 Å². The van der Waals surface area contributed by atoms with E-state index >= 15 is 0 Å². The van der Waals surface area contributed by atoms with Gasteiger partial charge in [-0.05, 0) is 36.5 Å². The minimum atomic E-state index is -1.77. The van der Waals surface area contributed by atoms with Crippen LogP contribution in [0.5, 0.6) is 23.0 Å². The first-order valence-electron chi connectivity index (χ1n) is 8.54. The Morgan fingerprint density at radius 1 is 0.933 bits per heavy atom. The lowest BCUT2D eigenvalue weighted by molar-refractivity contribution is 0.0221. The molecule has 148 valence electrons. The van der Waals surface area contributed by atoms with Crippen molar-refractivity contribution in [1.82, 2.24) is 0 Å². The van der Waals surface area contributed by atoms with Crippen LogP contribution < -0.4 is 4.74 Å². The van der Waals surface area contributed by atoms with E-state index in [1.165, 1.54) is 12.1 Å². The number of carbonyl (C=O) groups is 1. The number of esters is 1. The van der Waals surface area contributed by atoms with Gasteiger partial charge in [-0.15, -0.1) is 0 Å². The zero-order valence-corrected chi connectivity index (χ0v) is 15.6. The molecule has 0 radical (unpaired) electrons. The van der Waals surface area contributed by atoms with Crippen LogP contribution >= 0.6 is 12.2 Å². The minimum absolute atomic E-state index is 0.0194. The number of thiocarbonyl (C=S) groups is 1. The number of aliphatic imine (C=N–C) groups is 1. The molecule has 0 bridgehead atoms. The molecule has 0 unspecified atom stereocenters. The first kappa shape index (κ1) is 18.2. The van der Waals surface area contributed by atoms with Crippen molar-refractivity contribution in [3.05, 3.63) is 76.4 Å². The third kappa shape index (κ3) is 2.30. The first-order valence-corrected chi connectivity index (χ1v) is 8.95. The van der Waals surface area contributed by atoms with E-state index < -0.39 is 34.7 Å². The summed E-state index contributed by atoms with van der Waals surface area (Å²) in [5, 5.41) is 21.8. The van der Waals surface area contributed by atoms with E-state index in [1.54, 1.807) is 6.07 Å². The maximum Gasteiger partial charge on any atom is 0.340 e. The smallest absolute Gasteiger partial charge is 0.340 e. The van der Waals surface area contributed by atoms with Gasteiger partial charge in [0.25, 0.3) is 0 Å². The molecule has 5 rings (SSSR count). The highest BCUT2D eigenvalue weighted by atomic mass is 32.1. The van der Waals surface area contributed by atoms with E-state index in [2.05, 4.69) is 22.4 Å². The highest BCUT2D eigenvalue weighted by molar-refractivity contribution is 7.78. The summed E-state index contributed by atoms with van der Waals surface area (Å²) in [6, 6.07) is 8.46. The number of rotatable bonds is 1. The van der Waals surface area contributed by atoms with Crippen molar-refractivity contribution in [1.29, 1.82) is 0 Å². The van der Waals surface area contributed by atoms with Crippen LogP contribution in [-0.2, 0) is 10.3 Å². The van der Waals surface area contributed by atoms with Crippen LogP contribution in [0.1, 0.15) is 27.0 Å². The monoisotopic (exact) mass is 425 g/mol. The number of hydrogen-bond donors (Lipinski definition) is 2. The maximum atomic E-state index is 14.3. The second-order valence-corrected chi connectivity index (χ2v) is 6.89. The number of aromatic hydroxyl groups is 2. The SMILES string of the molecule is O=C1OC2(c3cc(F)c(O)cc3Oc3cc(O)c(F)cc32)c2ccc(N=C=S)cc21. The van der Waals surface area contributed by atoms with Gasteiger partial charge in [0, 0.05) is 17.7 Å². The molecule has 0 saturated heterocycles. The molecular weight excluding hydrogens is 416 g/mol. The number of fused-ring (bicyclic) bond motifs is 6. The Kier molecular flexibility index (Phi) is 3.70. The van der Waals surface area contributed by atoms with Crippen LogP contribution in [0.4, 0.5) is 14.5 Å². The molecule has 1 spiro atoms. The molecule has 2 N–H and O–H groups in total. The molecular formula is C21H9F2NO5S. The first-order chi connectivity index (χ1) is 14.3. The zero-order chi connectivity index (χ0) is 21.2. The summed E-state index contributed by atoms with van der Waals surface area (Å²) in [7, 11) is 0. The largest absolute Gasteiger partial charge is 0.505 e. The molecule has 0 aromatic heterocycles. The maximum absolute atomic E-state index is 14.3. The van der Waals surface area contributed by atoms with E-state index in [-0.39, 0.29) is 33.8 Å². The topological polar surface area (TPSA) is 88.4 Å². The number of halogens is 2. The molecule has 6 nitrogen and oxygen atoms in total. The molecule has 0 saturated carbocycles. The van der Waals surface area contributed by atoms with Crippen LogP contribution in [0, 0.1) is 11.6 Å². The number of phenolic OH excluding ortho intramolecular Hbond substituents is 2. The van der Waals surface area contributed by atoms with Crippen molar-refractivity contribution in [3.63, 3.8) is 0 Å². The molecule has 3 aromatic rings. The van der Waals surface area contributed by atoms with Gasteiger partial charge in [0.05, 0.1) is 27.5 Å². The Bertz CT molecular complexity index is 1280. The van der Waals surface area contributed by atoms with Gasteiger partial charge >= 0.3 is 5.97 Å². The fraction of sp³-hybridized carbons (Fsp3) is 0.0476. The lowest BCUT2D eigenvalue weighted by Crippen LogP contribution is -2.33. The average molecular weight is 425 g/mol. The number of ether oxygens (including phenoxy) is 2. The third-order valence-electron chi connectivity index (χ3n) is 5.10. The van der Waals surface area contributed by atoms with Gasteiger partial charge in [0.15, 0.2) is 28.7 Å². The molecule has 0 amide bonds. The summed E-state index contributed by atoms with van der Waals surface area (Å²) in [5.74, 6) is -4.13. The highest BCUT2D eigenvalue weighted by Crippen LogP contribution is 2.57. The summed E-state index contributed by atoms with van der Waals surface area (Å²) in [6.45, 7) is 0. The average Bonchev–Trinajstić information content (AvgIpc) is 2.99. The van der Waals surface area contributed by atoms with Crippen LogP contribution in [0.3, 0.4) is 0 Å². The second kappa shape index (κ2) is 6.09. The predicted octanol–water partition coefficient (Wildman–Crippen LogP) is 4.68. The Hall–Kier alpha value is -3.81. The van der Waals surface area contributed by atoms with Crippen molar-refractivity contribution < 1.29 is 33.3 Å². The summed E-state index contributed by atoms with van der Waals surface area (Å²) in [5.41, 5.74) is -0.918. The van der Waals surface area contributed by atoms with Crippen molar-refractivity contribution in [2.75, 3.05) is 0 Å². The number of isothiocyanates is 1. The van der Waals surface area contributed by atoms with Gasteiger partial charge in [0.1, 0.15) is 11.5 Å². The Morgan fingerprint density at radius 2 is 1.53 bits per heavy atom. The molecule has 2 aliphatic rings. The van der Waals surface area contributed by atoms with Crippen LogP contribution in [0.15, 0.2) is 47.5 Å². The van der Waals surface area contributed by atoms with Crippen LogP contribution in [0.2, 0.25) is 0 Å². The molecule has 3 aromatic carbocycles. The standard InChI is InChI=1S/C21H9F2NO5S/c22-14-4-12-18(6-16(14)25)28-19-7-17(26)15(23)5-13(19)21(12)11-2-1-9(24-8-30)3-10(11)20(27)29-21/h1-7,25-26H. The summed E-state index contributed by atoms with van der Waals surface area (Å²) in [4.78, 5) is 16.6. The van der Waals surface area contributed by atoms with Gasteiger partial charge in [-0.25, -0.2) is 13.6 Å². The van der Waals surface area contributed by atoms with Crippen molar-refractivity contribution in [3.8, 4) is 23.0 Å². The number of nitrogens with zero attached hydrogens (tertiary/aromatic N) is 1. The fourth-order valence-corrected chi connectivity index (χ4v) is 3.95. The van der Waals surface area contributed by atoms with Gasteiger partial charge in [0.2, 0.25) is 0 Å². The molecule has 2 aliphatic heterocycles. The molecule has 9 heteroatoms. The van der Waals surface area contributed by atoms with E-state index in [1.807, 2.05) is 0 Å². The van der Waals surface area contributed by atoms with Gasteiger partial charge in [-0.3, -0.25) is 0 Å². The summed E-state index contributed by atoms with van der Waals surface area (Å²) in [6.07, 6.45) is 0. The van der Waals surface area contributed by atoms with Crippen molar-refractivity contribution >= 4 is 29.0 Å². The molecule has 30 heavy (non-hydrogen) atoms. The molecule has 0 aliphatic carbocycles. The van der Waals surface area contributed by atoms with Crippen LogP contribution in [0.25, 0.3) is 0 Å². The minimum Gasteiger partial charge on any atom is -0.505 e. The fourth-order valence-electron chi connectivity index (χ4n) is 3.85. The Morgan fingerprint density at radius 3 is 2.10 bits per heavy atom. The summed E-state index contributed by atoms with van der Waals surface area (Å²) >= 11 is 4.59. The lowest BCUT2D eigenvalue weighted by Gasteiger charge is -2.36. The molecule has 2 heterocycles. The number of benzene rings is 3. The Balaban J connectivity index is 1.90. The lowest BCUT2D eigenvalue weighted by atomic mass is 9.77. The second-order valence-electron chi connectivity index (χ2n) is 6.71. The van der Waals surface area contributed by atoms with E-state index in [0.717, 1.165) is 24.3 Å². The summed E-state index contributed by atoms with van der Waals surface area (Å²) < 4.78 is 40.0. The van der Waals surface area contributed by atoms with Gasteiger partial charge in [-0.1, -0.05) is 6.07 Å². The highest BCUT2D eigenvalue weighted by Gasteiger charge is 2.54. The number of carbonyl (C=O) groups excluding carboxylic acids is 1. The quantitative estimate of drug-likeness (QED) is 0.334. The number of hydrogen-bond acceptors (Lipinski definition) is 7. The zero-order valence-electron chi connectivity index (χ0n) is 14.8. The van der Waals surface area contributed by atoms with E-state index in [0.29, 0.717) is 5.69 Å². The van der Waals surface area contributed by atoms with E-state index in [4.69, 9.17) is 9.47 Å². The van der Waals surface area contributed by atoms with Gasteiger partial charge < -0.3 is 19.7 Å².